The average Bonchev–Trinajstić information content (AvgIpc) is 3.68. The van der Waals surface area contributed by atoms with Crippen molar-refractivity contribution in [1.29, 1.82) is 0 Å². The number of rotatable bonds is 6. The smallest absolute Gasteiger partial charge is 0.0549 e. The van der Waals surface area contributed by atoms with Gasteiger partial charge in [-0.3, -0.25) is 0 Å². The molecule has 0 unspecified atom stereocenters. The van der Waals surface area contributed by atoms with Crippen molar-refractivity contribution in [2.75, 3.05) is 4.90 Å². The molecule has 4 aliphatic carbocycles. The van der Waals surface area contributed by atoms with Crippen LogP contribution >= 0.6 is 0 Å². The van der Waals surface area contributed by atoms with Crippen LogP contribution in [0.2, 0.25) is 0 Å². The molecular weight excluding hydrogens is 759 g/mol. The van der Waals surface area contributed by atoms with Gasteiger partial charge in [0.1, 0.15) is 0 Å². The summed E-state index contributed by atoms with van der Waals surface area (Å²) in [7, 11) is 0. The molecule has 0 aromatic heterocycles. The molecule has 0 heterocycles. The van der Waals surface area contributed by atoms with E-state index < -0.39 is 0 Å². The number of fused-ring (bicyclic) bond motifs is 6. The number of hydrogen-bond acceptors (Lipinski definition) is 1. The maximum Gasteiger partial charge on any atom is 0.0549 e. The van der Waals surface area contributed by atoms with Gasteiger partial charge in [0.25, 0.3) is 0 Å². The van der Waals surface area contributed by atoms with Crippen molar-refractivity contribution in [3.05, 3.63) is 232 Å². The third kappa shape index (κ3) is 6.30. The van der Waals surface area contributed by atoms with E-state index in [1.165, 1.54) is 83.3 Å². The highest BCUT2D eigenvalue weighted by atomic mass is 15.2. The first-order valence-corrected chi connectivity index (χ1v) is 22.6. The molecule has 306 valence electrons. The molecule has 1 nitrogen and oxygen atoms in total. The fourth-order valence-corrected chi connectivity index (χ4v) is 10.9. The van der Waals surface area contributed by atoms with Crippen LogP contribution in [0, 0.1) is 0 Å². The molecular formula is C62H53N. The van der Waals surface area contributed by atoms with Gasteiger partial charge in [-0.05, 0) is 121 Å². The highest BCUT2D eigenvalue weighted by molar-refractivity contribution is 6.06. The van der Waals surface area contributed by atoms with Crippen molar-refractivity contribution in [1.82, 2.24) is 0 Å². The highest BCUT2D eigenvalue weighted by Crippen LogP contribution is 2.54. The Morgan fingerprint density at radius 3 is 1.76 bits per heavy atom. The summed E-state index contributed by atoms with van der Waals surface area (Å²) in [6.45, 7) is 16.3. The summed E-state index contributed by atoms with van der Waals surface area (Å²) in [5.74, 6) is 0. The van der Waals surface area contributed by atoms with Gasteiger partial charge < -0.3 is 4.90 Å². The third-order valence-corrected chi connectivity index (χ3v) is 14.5. The lowest BCUT2D eigenvalue weighted by Gasteiger charge is -2.34. The van der Waals surface area contributed by atoms with Crippen molar-refractivity contribution >= 4 is 38.9 Å². The number of allylic oxidation sites excluding steroid dienone is 8. The van der Waals surface area contributed by atoms with Crippen molar-refractivity contribution in [3.8, 4) is 22.3 Å². The first-order valence-electron chi connectivity index (χ1n) is 22.6. The predicted octanol–water partition coefficient (Wildman–Crippen LogP) is 16.5. The summed E-state index contributed by atoms with van der Waals surface area (Å²) < 4.78 is 0. The standard InChI is InChI=1S/C62H53N/c1-60(2,3)46-30-24-42(25-31-46)40-20-22-41(23-21-40)43-26-32-47(33-27-43)63(48-34-36-56-53(39-48)51-17-11-13-19-55(51)61(56,4)5)58-37-29-44-14-8-9-15-49(44)59(58)45-28-35-52-50-16-10-12-18-54(50)62(6,7)57(52)38-45/h8-27,29-33,37-39H,34,36H2,1-7H3. The van der Waals surface area contributed by atoms with Crippen LogP contribution in [0.5, 0.6) is 0 Å². The van der Waals surface area contributed by atoms with Crippen LogP contribution in [-0.4, -0.2) is 0 Å². The maximum atomic E-state index is 3.74. The molecule has 0 radical (unpaired) electrons. The molecule has 7 aromatic carbocycles. The average molecular weight is 812 g/mol. The molecule has 11 rings (SSSR count). The summed E-state index contributed by atoms with van der Waals surface area (Å²) >= 11 is 0. The second kappa shape index (κ2) is 14.3. The van der Waals surface area contributed by atoms with E-state index in [9.17, 15) is 0 Å². The molecule has 1 heteroatoms. The highest BCUT2D eigenvalue weighted by Gasteiger charge is 2.41. The quantitative estimate of drug-likeness (QED) is 0.151. The molecule has 0 saturated heterocycles. The first kappa shape index (κ1) is 39.0. The fraction of sp³-hybridized carbons (Fsp3) is 0.194. The number of benzene rings is 7. The summed E-state index contributed by atoms with van der Waals surface area (Å²) in [5.41, 5.74) is 30.3. The van der Waals surface area contributed by atoms with Crippen LogP contribution in [-0.2, 0) is 16.2 Å². The van der Waals surface area contributed by atoms with Gasteiger partial charge in [-0.15, -0.1) is 0 Å². The Hall–Kier alpha value is -6.88. The lowest BCUT2D eigenvalue weighted by atomic mass is 9.78. The third-order valence-electron chi connectivity index (χ3n) is 14.5. The minimum atomic E-state index is -0.154. The molecule has 63 heavy (non-hydrogen) atoms. The van der Waals surface area contributed by atoms with E-state index >= 15 is 0 Å². The van der Waals surface area contributed by atoms with Crippen LogP contribution in [0.3, 0.4) is 0 Å². The Morgan fingerprint density at radius 1 is 0.524 bits per heavy atom. The normalized spacial score (nSPS) is 16.7. The molecule has 0 N–H and O–H groups in total. The molecule has 0 saturated carbocycles. The summed E-state index contributed by atoms with van der Waals surface area (Å²) in [6, 6.07) is 58.6. The van der Waals surface area contributed by atoms with Gasteiger partial charge in [0.05, 0.1) is 5.69 Å². The Bertz CT molecular complexity index is 3230. The van der Waals surface area contributed by atoms with Gasteiger partial charge in [0, 0.05) is 38.9 Å². The molecule has 0 amide bonds. The Kier molecular flexibility index (Phi) is 8.87. The van der Waals surface area contributed by atoms with Gasteiger partial charge >= 0.3 is 0 Å². The summed E-state index contributed by atoms with van der Waals surface area (Å²) in [4.78, 5) is 2.55. The largest absolute Gasteiger partial charge is 0.314 e. The number of hydrogen-bond donors (Lipinski definition) is 0. The van der Waals surface area contributed by atoms with Crippen LogP contribution in [0.15, 0.2) is 198 Å². The molecule has 7 aromatic rings. The van der Waals surface area contributed by atoms with E-state index in [0.717, 1.165) is 35.4 Å². The summed E-state index contributed by atoms with van der Waals surface area (Å²) in [5, 5.41) is 2.43. The zero-order chi connectivity index (χ0) is 43.3. The van der Waals surface area contributed by atoms with Crippen LogP contribution in [0.25, 0.3) is 49.7 Å². The Balaban J connectivity index is 1.06. The zero-order valence-corrected chi connectivity index (χ0v) is 37.5. The van der Waals surface area contributed by atoms with E-state index in [0.29, 0.717) is 0 Å². The van der Waals surface area contributed by atoms with Crippen LogP contribution < -0.4 is 4.90 Å². The Labute approximate surface area is 373 Å². The number of nitrogens with zero attached hydrogens (tertiary/aromatic N) is 1. The van der Waals surface area contributed by atoms with Crippen LogP contribution in [0.4, 0.5) is 11.4 Å². The SMILES string of the molecule is CC(C)(C)c1ccc(-c2ccc(-c3ccc(N(C4=CC5=C(CC4)C(C)(C)c4ccccc45)c4ccc5ccccc5c4C4=C=C=C5C(=C4)C(C)(C)c4ccccc45)cc3)cc2)cc1. The van der Waals surface area contributed by atoms with Crippen molar-refractivity contribution in [3.63, 3.8) is 0 Å². The minimum absolute atomic E-state index is 0.000433. The topological polar surface area (TPSA) is 3.24 Å². The molecule has 0 bridgehead atoms. The molecule has 0 aliphatic heterocycles. The van der Waals surface area contributed by atoms with Gasteiger partial charge in [0.15, 0.2) is 0 Å². The second-order valence-corrected chi connectivity index (χ2v) is 19.9. The summed E-state index contributed by atoms with van der Waals surface area (Å²) in [6.07, 6.45) is 6.86. The lowest BCUT2D eigenvalue weighted by molar-refractivity contribution is 0.590. The van der Waals surface area contributed by atoms with Gasteiger partial charge in [-0.25, -0.2) is 0 Å². The van der Waals surface area contributed by atoms with E-state index in [-0.39, 0.29) is 16.2 Å². The maximum absolute atomic E-state index is 3.74. The molecule has 4 aliphatic rings. The Morgan fingerprint density at radius 2 is 1.10 bits per heavy atom. The van der Waals surface area contributed by atoms with Gasteiger partial charge in [0.2, 0.25) is 0 Å². The first-order chi connectivity index (χ1) is 30.4. The lowest BCUT2D eigenvalue weighted by Crippen LogP contribution is -2.22. The van der Waals surface area contributed by atoms with Crippen molar-refractivity contribution in [2.24, 2.45) is 0 Å². The van der Waals surface area contributed by atoms with Crippen molar-refractivity contribution in [2.45, 2.75) is 77.6 Å². The second-order valence-electron chi connectivity index (χ2n) is 19.9. The van der Waals surface area contributed by atoms with E-state index in [2.05, 4.69) is 235 Å². The molecule has 0 fully saturated rings. The molecule has 0 atom stereocenters. The van der Waals surface area contributed by atoms with Gasteiger partial charge in [-0.2, -0.15) is 0 Å². The number of anilines is 2. The van der Waals surface area contributed by atoms with Crippen LogP contribution in [0.1, 0.15) is 94.7 Å². The van der Waals surface area contributed by atoms with E-state index in [1.54, 1.807) is 5.57 Å². The monoisotopic (exact) mass is 811 g/mol. The van der Waals surface area contributed by atoms with Gasteiger partial charge in [-0.1, -0.05) is 205 Å². The predicted molar refractivity (Wildman–Crippen MR) is 267 cm³/mol. The zero-order valence-electron chi connectivity index (χ0n) is 37.5. The minimum Gasteiger partial charge on any atom is -0.314 e. The molecule has 0 spiro atoms. The van der Waals surface area contributed by atoms with E-state index in [1.807, 2.05) is 0 Å². The van der Waals surface area contributed by atoms with E-state index in [4.69, 9.17) is 0 Å². The van der Waals surface area contributed by atoms with Crippen molar-refractivity contribution < 1.29 is 0 Å². The fourth-order valence-electron chi connectivity index (χ4n) is 10.9.